The van der Waals surface area contributed by atoms with Gasteiger partial charge in [0.05, 0.1) is 0 Å². The number of fused-ring (bicyclic) bond motifs is 9. The zero-order chi connectivity index (χ0) is 32.6. The molecule has 4 fully saturated rings. The van der Waals surface area contributed by atoms with E-state index in [1.807, 2.05) is 0 Å². The van der Waals surface area contributed by atoms with Crippen molar-refractivity contribution in [2.24, 2.45) is 23.7 Å². The Balaban J connectivity index is 1.09. The zero-order valence-corrected chi connectivity index (χ0v) is 28.0. The van der Waals surface area contributed by atoms with Crippen LogP contribution in [0.1, 0.15) is 43.2 Å². The van der Waals surface area contributed by atoms with Crippen LogP contribution in [0.4, 0.5) is 17.1 Å². The van der Waals surface area contributed by atoms with E-state index < -0.39 is 0 Å². The second-order valence-corrected chi connectivity index (χ2v) is 15.8. The van der Waals surface area contributed by atoms with Gasteiger partial charge >= 0.3 is 0 Å². The Hall–Kier alpha value is -5.34. The predicted molar refractivity (Wildman–Crippen MR) is 207 cm³/mol. The largest absolute Gasteiger partial charge is 0.456 e. The summed E-state index contributed by atoms with van der Waals surface area (Å²) in [6, 6.07) is 52.3. The first-order chi connectivity index (χ1) is 24.7. The molecule has 0 aliphatic heterocycles. The highest BCUT2D eigenvalue weighted by atomic mass is 16.3. The lowest BCUT2D eigenvalue weighted by Gasteiger charge is -2.61. The molecule has 0 N–H and O–H groups in total. The van der Waals surface area contributed by atoms with E-state index in [2.05, 4.69) is 144 Å². The van der Waals surface area contributed by atoms with E-state index in [4.69, 9.17) is 4.42 Å². The van der Waals surface area contributed by atoms with Crippen molar-refractivity contribution in [3.05, 3.63) is 151 Å². The molecule has 13 rings (SSSR count). The minimum atomic E-state index is 0.117. The van der Waals surface area contributed by atoms with Crippen molar-refractivity contribution in [3.63, 3.8) is 0 Å². The van der Waals surface area contributed by atoms with Gasteiger partial charge in [0.1, 0.15) is 11.2 Å². The number of anilines is 3. The summed E-state index contributed by atoms with van der Waals surface area (Å²) in [6.07, 6.45) is 7.01. The monoisotopic (exact) mass is 643 g/mol. The van der Waals surface area contributed by atoms with E-state index in [0.29, 0.717) is 0 Å². The van der Waals surface area contributed by atoms with Gasteiger partial charge in [0, 0.05) is 39.3 Å². The molecule has 5 aliphatic rings. The van der Waals surface area contributed by atoms with E-state index >= 15 is 0 Å². The summed E-state index contributed by atoms with van der Waals surface area (Å²) in [7, 11) is 0. The highest BCUT2D eigenvalue weighted by molar-refractivity contribution is 6.09. The summed E-state index contributed by atoms with van der Waals surface area (Å²) in [6.45, 7) is 0. The predicted octanol–water partition coefficient (Wildman–Crippen LogP) is 13.1. The van der Waals surface area contributed by atoms with Gasteiger partial charge in [-0.15, -0.1) is 0 Å². The fourth-order valence-electron chi connectivity index (χ4n) is 11.7. The normalized spacial score (nSPS) is 24.5. The lowest BCUT2D eigenvalue weighted by Crippen LogP contribution is -2.55. The molecule has 0 radical (unpaired) electrons. The molecule has 0 atom stereocenters. The van der Waals surface area contributed by atoms with E-state index in [1.165, 1.54) is 70.5 Å². The second-order valence-electron chi connectivity index (χ2n) is 15.8. The first-order valence-corrected chi connectivity index (χ1v) is 18.6. The van der Waals surface area contributed by atoms with Crippen LogP contribution in [0.15, 0.2) is 144 Å². The summed E-state index contributed by atoms with van der Waals surface area (Å²) in [5, 5.41) is 7.44. The average Bonchev–Trinajstić information content (AvgIpc) is 3.67. The number of rotatable bonds is 3. The van der Waals surface area contributed by atoms with Gasteiger partial charge in [-0.2, -0.15) is 0 Å². The number of nitrogens with zero attached hydrogens (tertiary/aromatic N) is 1. The van der Waals surface area contributed by atoms with Gasteiger partial charge in [0.25, 0.3) is 0 Å². The molecule has 5 aliphatic carbocycles. The van der Waals surface area contributed by atoms with Gasteiger partial charge in [-0.1, -0.05) is 91.0 Å². The van der Waals surface area contributed by atoms with Crippen molar-refractivity contribution >= 4 is 60.5 Å². The van der Waals surface area contributed by atoms with Crippen LogP contribution >= 0.6 is 0 Å². The molecule has 50 heavy (non-hydrogen) atoms. The Morgan fingerprint density at radius 2 is 1.04 bits per heavy atom. The van der Waals surface area contributed by atoms with Gasteiger partial charge in [-0.25, -0.2) is 0 Å². The molecular formula is C48H37NO. The van der Waals surface area contributed by atoms with E-state index in [0.717, 1.165) is 57.0 Å². The van der Waals surface area contributed by atoms with Crippen LogP contribution < -0.4 is 4.90 Å². The number of hydrogen-bond donors (Lipinski definition) is 0. The zero-order valence-electron chi connectivity index (χ0n) is 28.0. The third-order valence-corrected chi connectivity index (χ3v) is 13.4. The topological polar surface area (TPSA) is 16.4 Å². The maximum absolute atomic E-state index is 6.48. The van der Waals surface area contributed by atoms with Crippen LogP contribution in [0.2, 0.25) is 0 Å². The molecule has 240 valence electrons. The first-order valence-electron chi connectivity index (χ1n) is 18.6. The maximum Gasteiger partial charge on any atom is 0.137 e. The van der Waals surface area contributed by atoms with Crippen molar-refractivity contribution in [3.8, 4) is 11.1 Å². The van der Waals surface area contributed by atoms with E-state index in [9.17, 15) is 0 Å². The second kappa shape index (κ2) is 9.88. The molecule has 0 unspecified atom stereocenters. The fraction of sp³-hybridized carbons (Fsp3) is 0.208. The Kier molecular flexibility index (Phi) is 5.43. The van der Waals surface area contributed by atoms with E-state index in [1.54, 1.807) is 11.1 Å². The van der Waals surface area contributed by atoms with Crippen LogP contribution in [0, 0.1) is 23.7 Å². The Labute approximate surface area is 292 Å². The van der Waals surface area contributed by atoms with Crippen LogP contribution in [0.5, 0.6) is 0 Å². The Morgan fingerprint density at radius 1 is 0.440 bits per heavy atom. The molecule has 4 bridgehead atoms. The summed E-state index contributed by atoms with van der Waals surface area (Å²) in [5.74, 6) is 3.29. The summed E-state index contributed by atoms with van der Waals surface area (Å²) >= 11 is 0. The van der Waals surface area contributed by atoms with Gasteiger partial charge < -0.3 is 9.32 Å². The maximum atomic E-state index is 6.48. The number of furan rings is 1. The minimum absolute atomic E-state index is 0.117. The van der Waals surface area contributed by atoms with Gasteiger partial charge in [-0.3, -0.25) is 0 Å². The molecule has 7 aromatic carbocycles. The van der Waals surface area contributed by atoms with Crippen molar-refractivity contribution < 1.29 is 4.42 Å². The Bertz CT molecular complexity index is 2670. The third-order valence-electron chi connectivity index (χ3n) is 13.4. The van der Waals surface area contributed by atoms with Crippen LogP contribution in [-0.2, 0) is 5.41 Å². The van der Waals surface area contributed by atoms with Crippen LogP contribution in [-0.4, -0.2) is 0 Å². The molecule has 1 heterocycles. The lowest BCUT2D eigenvalue weighted by atomic mass is 9.43. The molecule has 2 heteroatoms. The van der Waals surface area contributed by atoms with E-state index in [-0.39, 0.29) is 5.41 Å². The van der Waals surface area contributed by atoms with Gasteiger partial charge in [0.2, 0.25) is 0 Å². The first kappa shape index (κ1) is 27.5. The molecule has 1 aromatic heterocycles. The fourth-order valence-corrected chi connectivity index (χ4v) is 11.7. The van der Waals surface area contributed by atoms with Crippen LogP contribution in [0.3, 0.4) is 0 Å². The number of benzene rings is 7. The number of hydrogen-bond acceptors (Lipinski definition) is 2. The molecule has 1 spiro atoms. The third kappa shape index (κ3) is 3.59. The highest BCUT2D eigenvalue weighted by Gasteiger charge is 2.61. The number of para-hydroxylation sites is 1. The van der Waals surface area contributed by atoms with Crippen molar-refractivity contribution in [2.75, 3.05) is 4.90 Å². The lowest BCUT2D eigenvalue weighted by molar-refractivity contribution is -0.0399. The van der Waals surface area contributed by atoms with Crippen molar-refractivity contribution in [1.29, 1.82) is 0 Å². The standard InChI is InChI=1S/C48H37NO/c1-2-8-38-31(7-1)13-14-32-26-35(15-18-39(32)38)49(37-17-20-43-42-10-4-6-12-46(42)50-47(43)28-37)36-16-19-41-40-9-3-5-11-44(40)48(45(41)27-36)33-22-29-21-30(24-33)25-34(48)23-29/h1-20,26-30,33-34H,21-25H2. The summed E-state index contributed by atoms with van der Waals surface area (Å²) in [4.78, 5) is 2.48. The molecule has 4 saturated carbocycles. The van der Waals surface area contributed by atoms with Gasteiger partial charge in [-0.05, 0) is 142 Å². The molecule has 0 saturated heterocycles. The molecule has 0 amide bonds. The summed E-state index contributed by atoms with van der Waals surface area (Å²) < 4.78 is 6.48. The SMILES string of the molecule is c1ccc2c(c1)-c1ccc(N(c3ccc4c(ccc5ccccc54)c3)c3ccc4c(c3)oc3ccccc34)cc1C21C2CC3CC(C2)CC1C3. The van der Waals surface area contributed by atoms with Crippen LogP contribution in [0.25, 0.3) is 54.6 Å². The minimum Gasteiger partial charge on any atom is -0.456 e. The molecular weight excluding hydrogens is 607 g/mol. The smallest absolute Gasteiger partial charge is 0.137 e. The van der Waals surface area contributed by atoms with Crippen molar-refractivity contribution in [1.82, 2.24) is 0 Å². The van der Waals surface area contributed by atoms with Gasteiger partial charge in [0.15, 0.2) is 0 Å². The molecule has 2 nitrogen and oxygen atoms in total. The average molecular weight is 644 g/mol. The highest BCUT2D eigenvalue weighted by Crippen LogP contribution is 2.69. The Morgan fingerprint density at radius 3 is 1.90 bits per heavy atom. The molecule has 8 aromatic rings. The quantitative estimate of drug-likeness (QED) is 0.178. The summed E-state index contributed by atoms with van der Waals surface area (Å²) in [5.41, 5.74) is 11.6. The van der Waals surface area contributed by atoms with Crippen molar-refractivity contribution in [2.45, 2.75) is 37.5 Å².